The highest BCUT2D eigenvalue weighted by Crippen LogP contribution is 2.30. The molecule has 0 aliphatic carbocycles. The lowest BCUT2D eigenvalue weighted by Gasteiger charge is -2.10. The van der Waals surface area contributed by atoms with Gasteiger partial charge in [-0.2, -0.15) is 0 Å². The Labute approximate surface area is 153 Å². The fraction of sp³-hybridized carbons (Fsp3) is 0.111. The number of carbonyl (C=O) groups excluding carboxylic acids is 1. The van der Waals surface area contributed by atoms with Crippen LogP contribution in [0.2, 0.25) is 5.15 Å². The van der Waals surface area contributed by atoms with E-state index in [2.05, 4.69) is 4.98 Å². The topological polar surface area (TPSA) is 44.1 Å². The van der Waals surface area contributed by atoms with Gasteiger partial charge in [-0.05, 0) is 48.5 Å². The molecule has 0 unspecified atom stereocenters. The van der Waals surface area contributed by atoms with E-state index in [0.29, 0.717) is 10.8 Å². The summed E-state index contributed by atoms with van der Waals surface area (Å²) >= 11 is 7.64. The Kier molecular flexibility index (Phi) is 5.40. The number of esters is 1. The van der Waals surface area contributed by atoms with Gasteiger partial charge in [0.05, 0.1) is 5.69 Å². The summed E-state index contributed by atoms with van der Waals surface area (Å²) in [5.74, 6) is -0.340. The minimum Gasteiger partial charge on any atom is -0.454 e. The summed E-state index contributed by atoms with van der Waals surface area (Å²) < 4.78 is 19.9. The normalized spacial score (nSPS) is 10.7. The molecule has 0 amide bonds. The van der Waals surface area contributed by atoms with E-state index in [4.69, 9.17) is 16.3 Å². The van der Waals surface area contributed by atoms with Gasteiger partial charge in [0.1, 0.15) is 18.1 Å². The van der Waals surface area contributed by atoms with Crippen molar-refractivity contribution in [3.05, 3.63) is 65.8 Å². The number of hydrogen-bond acceptors (Lipinski definition) is 4. The molecule has 0 atom stereocenters. The Bertz CT molecular complexity index is 879. The average Bonchev–Trinajstić information content (AvgIpc) is 2.98. The first-order valence-electron chi connectivity index (χ1n) is 7.40. The van der Waals surface area contributed by atoms with Crippen molar-refractivity contribution in [3.8, 4) is 16.9 Å². The summed E-state index contributed by atoms with van der Waals surface area (Å²) in [5.41, 5.74) is 2.34. The molecular formula is C18H14ClFN2O2S. The first kappa shape index (κ1) is 17.5. The molecule has 1 heterocycles. The maximum atomic E-state index is 13.2. The fourth-order valence-corrected chi connectivity index (χ4v) is 3.21. The maximum Gasteiger partial charge on any atom is 0.303 e. The molecule has 0 aliphatic rings. The van der Waals surface area contributed by atoms with Crippen molar-refractivity contribution >= 4 is 29.3 Å². The van der Waals surface area contributed by atoms with Gasteiger partial charge in [-0.1, -0.05) is 23.4 Å². The Morgan fingerprint density at radius 2 is 1.88 bits per heavy atom. The second kappa shape index (κ2) is 7.72. The van der Waals surface area contributed by atoms with Crippen molar-refractivity contribution in [2.24, 2.45) is 0 Å². The zero-order valence-corrected chi connectivity index (χ0v) is 14.9. The number of thioether (sulfide) groups is 1. The third-order valence-electron chi connectivity index (χ3n) is 3.44. The van der Waals surface area contributed by atoms with Crippen LogP contribution in [0.5, 0.6) is 0 Å². The Balaban J connectivity index is 1.85. The van der Waals surface area contributed by atoms with Gasteiger partial charge in [-0.3, -0.25) is 9.36 Å². The molecule has 0 spiro atoms. The molecule has 0 saturated heterocycles. The summed E-state index contributed by atoms with van der Waals surface area (Å²) in [6.07, 6.45) is 1.63. The number of imidazole rings is 1. The van der Waals surface area contributed by atoms with Crippen molar-refractivity contribution < 1.29 is 13.9 Å². The lowest BCUT2D eigenvalue weighted by atomic mass is 10.1. The van der Waals surface area contributed by atoms with Crippen LogP contribution in [-0.2, 0) is 9.53 Å². The van der Waals surface area contributed by atoms with Crippen LogP contribution in [0.3, 0.4) is 0 Å². The van der Waals surface area contributed by atoms with Crippen LogP contribution < -0.4 is 0 Å². The second-order valence-corrected chi connectivity index (χ2v) is 6.51. The van der Waals surface area contributed by atoms with E-state index in [9.17, 15) is 9.18 Å². The summed E-state index contributed by atoms with van der Waals surface area (Å²) in [4.78, 5) is 15.9. The molecule has 3 rings (SSSR count). The minimum atomic E-state index is -0.305. The van der Waals surface area contributed by atoms with E-state index in [-0.39, 0.29) is 17.7 Å². The van der Waals surface area contributed by atoms with Crippen molar-refractivity contribution in [2.75, 3.05) is 5.94 Å². The third-order valence-corrected chi connectivity index (χ3v) is 4.56. The van der Waals surface area contributed by atoms with E-state index >= 15 is 0 Å². The van der Waals surface area contributed by atoms with Crippen LogP contribution >= 0.6 is 23.4 Å². The molecule has 3 aromatic rings. The summed E-state index contributed by atoms with van der Waals surface area (Å²) in [6, 6.07) is 13.8. The summed E-state index contributed by atoms with van der Waals surface area (Å²) in [5, 5.41) is 0.347. The Hall–Kier alpha value is -2.31. The highest BCUT2D eigenvalue weighted by atomic mass is 35.5. The standard InChI is InChI=1S/C18H14ClFN2O2S/c1-12(23)24-11-25-16-8-6-15(7-9-16)22-10-21-18(19)17(22)13-2-4-14(20)5-3-13/h2-10H,11H2,1H3. The number of hydrogen-bond donors (Lipinski definition) is 0. The molecule has 0 N–H and O–H groups in total. The van der Waals surface area contributed by atoms with Crippen LogP contribution in [-0.4, -0.2) is 21.5 Å². The molecule has 0 bridgehead atoms. The largest absolute Gasteiger partial charge is 0.454 e. The molecule has 0 radical (unpaired) electrons. The van der Waals surface area contributed by atoms with E-state index in [0.717, 1.165) is 16.1 Å². The average molecular weight is 377 g/mol. The zero-order valence-electron chi connectivity index (χ0n) is 13.3. The molecule has 0 aliphatic heterocycles. The number of halogens is 2. The smallest absolute Gasteiger partial charge is 0.303 e. The van der Waals surface area contributed by atoms with Gasteiger partial charge in [0.2, 0.25) is 0 Å². The fourth-order valence-electron chi connectivity index (χ4n) is 2.27. The molecule has 128 valence electrons. The van der Waals surface area contributed by atoms with Crippen LogP contribution in [0.15, 0.2) is 59.8 Å². The lowest BCUT2D eigenvalue weighted by molar-refractivity contribution is -0.138. The lowest BCUT2D eigenvalue weighted by Crippen LogP contribution is -1.97. The molecule has 4 nitrogen and oxygen atoms in total. The van der Waals surface area contributed by atoms with E-state index < -0.39 is 0 Å². The number of ether oxygens (including phenoxy) is 1. The summed E-state index contributed by atoms with van der Waals surface area (Å²) in [6.45, 7) is 1.38. The van der Waals surface area contributed by atoms with Crippen molar-refractivity contribution in [2.45, 2.75) is 11.8 Å². The SMILES string of the molecule is CC(=O)OCSc1ccc(-n2cnc(Cl)c2-c2ccc(F)cc2)cc1. The van der Waals surface area contributed by atoms with Crippen LogP contribution in [0, 0.1) is 5.82 Å². The number of carbonyl (C=O) groups is 1. The highest BCUT2D eigenvalue weighted by Gasteiger charge is 2.13. The molecule has 1 aromatic heterocycles. The summed E-state index contributed by atoms with van der Waals surface area (Å²) in [7, 11) is 0. The van der Waals surface area contributed by atoms with Crippen molar-refractivity contribution in [1.29, 1.82) is 0 Å². The van der Waals surface area contributed by atoms with Gasteiger partial charge < -0.3 is 4.74 Å². The Morgan fingerprint density at radius 3 is 2.52 bits per heavy atom. The van der Waals surface area contributed by atoms with Crippen LogP contribution in [0.25, 0.3) is 16.9 Å². The zero-order chi connectivity index (χ0) is 17.8. The number of aromatic nitrogens is 2. The van der Waals surface area contributed by atoms with E-state index in [1.807, 2.05) is 28.8 Å². The van der Waals surface area contributed by atoms with Gasteiger partial charge >= 0.3 is 5.97 Å². The number of nitrogens with zero attached hydrogens (tertiary/aromatic N) is 2. The van der Waals surface area contributed by atoms with Crippen LogP contribution in [0.1, 0.15) is 6.92 Å². The van der Waals surface area contributed by atoms with Gasteiger partial charge in [-0.15, -0.1) is 0 Å². The van der Waals surface area contributed by atoms with Crippen molar-refractivity contribution in [3.63, 3.8) is 0 Å². The molecule has 7 heteroatoms. The first-order chi connectivity index (χ1) is 12.0. The predicted molar refractivity (Wildman–Crippen MR) is 96.5 cm³/mol. The van der Waals surface area contributed by atoms with Gasteiger partial charge in [-0.25, -0.2) is 9.37 Å². The number of benzene rings is 2. The van der Waals surface area contributed by atoms with Gasteiger partial charge in [0, 0.05) is 23.1 Å². The molecular weight excluding hydrogens is 363 g/mol. The maximum absolute atomic E-state index is 13.2. The second-order valence-electron chi connectivity index (χ2n) is 5.15. The minimum absolute atomic E-state index is 0.270. The first-order valence-corrected chi connectivity index (χ1v) is 8.76. The van der Waals surface area contributed by atoms with E-state index in [1.165, 1.54) is 30.8 Å². The predicted octanol–water partition coefficient (Wildman–Crippen LogP) is 4.94. The third kappa shape index (κ3) is 4.21. The Morgan fingerprint density at radius 1 is 1.20 bits per heavy atom. The van der Waals surface area contributed by atoms with Crippen LogP contribution in [0.4, 0.5) is 4.39 Å². The monoisotopic (exact) mass is 376 g/mol. The van der Waals surface area contributed by atoms with E-state index in [1.54, 1.807) is 18.5 Å². The molecule has 25 heavy (non-hydrogen) atoms. The molecule has 0 saturated carbocycles. The molecule has 0 fully saturated rings. The van der Waals surface area contributed by atoms with Gasteiger partial charge in [0.25, 0.3) is 0 Å². The quantitative estimate of drug-likeness (QED) is 0.359. The number of rotatable bonds is 5. The molecule has 2 aromatic carbocycles. The van der Waals surface area contributed by atoms with Crippen molar-refractivity contribution in [1.82, 2.24) is 9.55 Å². The highest BCUT2D eigenvalue weighted by molar-refractivity contribution is 7.99. The van der Waals surface area contributed by atoms with Gasteiger partial charge in [0.15, 0.2) is 5.15 Å².